The highest BCUT2D eigenvalue weighted by atomic mass is 32.2. The largest absolute Gasteiger partial charge is 0.250 e. The molecule has 2 aliphatic rings. The molecule has 1 aromatic rings. The first-order valence-electron chi connectivity index (χ1n) is 5.71. The van der Waals surface area contributed by atoms with Gasteiger partial charge >= 0.3 is 0 Å². The normalized spacial score (nSPS) is 33.4. The van der Waals surface area contributed by atoms with Crippen LogP contribution in [-0.2, 0) is 10.0 Å². The first-order valence-corrected chi connectivity index (χ1v) is 8.07. The van der Waals surface area contributed by atoms with E-state index in [1.54, 1.807) is 17.5 Å². The Morgan fingerprint density at radius 2 is 2.19 bits per heavy atom. The first kappa shape index (κ1) is 10.7. The molecule has 1 N–H and O–H groups in total. The van der Waals surface area contributed by atoms with E-state index in [4.69, 9.17) is 0 Å². The van der Waals surface area contributed by atoms with Gasteiger partial charge < -0.3 is 0 Å². The van der Waals surface area contributed by atoms with Gasteiger partial charge in [0.1, 0.15) is 4.21 Å². The second-order valence-electron chi connectivity index (χ2n) is 4.83. The molecule has 3 atom stereocenters. The summed E-state index contributed by atoms with van der Waals surface area (Å²) in [4.78, 5) is 0. The van der Waals surface area contributed by atoms with Crippen molar-refractivity contribution >= 4 is 21.4 Å². The lowest BCUT2D eigenvalue weighted by Crippen LogP contribution is -2.38. The van der Waals surface area contributed by atoms with Crippen molar-refractivity contribution in [1.29, 1.82) is 0 Å². The fraction of sp³-hybridized carbons (Fsp3) is 0.636. The minimum absolute atomic E-state index is 0.186. The van der Waals surface area contributed by atoms with Gasteiger partial charge in [-0.05, 0) is 42.5 Å². The summed E-state index contributed by atoms with van der Waals surface area (Å²) < 4.78 is 27.4. The Hall–Kier alpha value is -0.390. The maximum Gasteiger partial charge on any atom is 0.250 e. The molecule has 2 bridgehead atoms. The second-order valence-corrected chi connectivity index (χ2v) is 7.72. The number of hydrogen-bond acceptors (Lipinski definition) is 3. The summed E-state index contributed by atoms with van der Waals surface area (Å²) in [6.07, 6.45) is 4.75. The summed E-state index contributed by atoms with van der Waals surface area (Å²) in [5, 5.41) is 1.80. The molecule has 0 saturated heterocycles. The van der Waals surface area contributed by atoms with Crippen LogP contribution in [0.25, 0.3) is 0 Å². The number of sulfonamides is 1. The highest BCUT2D eigenvalue weighted by Gasteiger charge is 2.41. The molecular formula is C11H15NO2S2. The van der Waals surface area contributed by atoms with Gasteiger partial charge in [-0.2, -0.15) is 0 Å². The third-order valence-electron chi connectivity index (χ3n) is 3.80. The molecule has 2 saturated carbocycles. The minimum Gasteiger partial charge on any atom is -0.207 e. The molecule has 0 aromatic carbocycles. The predicted molar refractivity (Wildman–Crippen MR) is 63.9 cm³/mol. The van der Waals surface area contributed by atoms with Crippen LogP contribution in [-0.4, -0.2) is 14.5 Å². The number of fused-ring (bicyclic) bond motifs is 2. The van der Waals surface area contributed by atoms with Gasteiger partial charge in [0.05, 0.1) is 0 Å². The van der Waals surface area contributed by atoms with Crippen LogP contribution in [0.15, 0.2) is 21.7 Å². The average molecular weight is 257 g/mol. The van der Waals surface area contributed by atoms with E-state index in [1.165, 1.54) is 30.6 Å². The summed E-state index contributed by atoms with van der Waals surface area (Å²) in [5.74, 6) is 1.35. The van der Waals surface area contributed by atoms with E-state index >= 15 is 0 Å². The van der Waals surface area contributed by atoms with Gasteiger partial charge in [-0.25, -0.2) is 13.1 Å². The van der Waals surface area contributed by atoms with Gasteiger partial charge in [-0.15, -0.1) is 11.3 Å². The van der Waals surface area contributed by atoms with Crippen molar-refractivity contribution in [3.63, 3.8) is 0 Å². The zero-order valence-corrected chi connectivity index (χ0v) is 10.6. The maximum atomic E-state index is 12.0. The topological polar surface area (TPSA) is 46.2 Å². The molecule has 16 heavy (non-hydrogen) atoms. The van der Waals surface area contributed by atoms with Crippen molar-refractivity contribution in [2.45, 2.75) is 35.9 Å². The third-order valence-corrected chi connectivity index (χ3v) is 6.69. The lowest BCUT2D eigenvalue weighted by Gasteiger charge is -2.22. The Morgan fingerprint density at radius 3 is 2.75 bits per heavy atom. The number of rotatable bonds is 3. The molecule has 0 spiro atoms. The third kappa shape index (κ3) is 1.81. The first-order chi connectivity index (χ1) is 7.65. The smallest absolute Gasteiger partial charge is 0.207 e. The molecule has 0 radical (unpaired) electrons. The zero-order chi connectivity index (χ0) is 11.2. The second kappa shape index (κ2) is 3.82. The Morgan fingerprint density at radius 1 is 1.31 bits per heavy atom. The van der Waals surface area contributed by atoms with Crippen LogP contribution in [0, 0.1) is 11.8 Å². The van der Waals surface area contributed by atoms with Crippen LogP contribution in [0.2, 0.25) is 0 Å². The van der Waals surface area contributed by atoms with Crippen molar-refractivity contribution in [3.8, 4) is 0 Å². The predicted octanol–water partition coefficient (Wildman–Crippen LogP) is 2.21. The molecule has 1 aromatic heterocycles. The molecule has 1 heterocycles. The molecule has 3 rings (SSSR count). The standard InChI is InChI=1S/C11H15NO2S2/c13-16(14,11-2-1-5-15-11)12-10-7-8-3-4-9(10)6-8/h1-2,5,8-10,12H,3-4,6-7H2/t8-,9-,10+/m0/s1. The number of hydrogen-bond donors (Lipinski definition) is 1. The average Bonchev–Trinajstić information content (AvgIpc) is 2.94. The summed E-state index contributed by atoms with van der Waals surface area (Å²) in [6, 6.07) is 3.63. The van der Waals surface area contributed by atoms with E-state index in [0.29, 0.717) is 10.1 Å². The Labute approximate surface area is 99.9 Å². The highest BCUT2D eigenvalue weighted by Crippen LogP contribution is 2.44. The van der Waals surface area contributed by atoms with E-state index in [0.717, 1.165) is 12.3 Å². The monoisotopic (exact) mass is 257 g/mol. The van der Waals surface area contributed by atoms with Crippen LogP contribution in [0.1, 0.15) is 25.7 Å². The lowest BCUT2D eigenvalue weighted by molar-refractivity contribution is 0.390. The van der Waals surface area contributed by atoms with E-state index < -0.39 is 10.0 Å². The van der Waals surface area contributed by atoms with Crippen molar-refractivity contribution in [3.05, 3.63) is 17.5 Å². The molecule has 2 aliphatic carbocycles. The summed E-state index contributed by atoms with van der Waals surface area (Å²) in [5.41, 5.74) is 0. The van der Waals surface area contributed by atoms with Crippen molar-refractivity contribution in [2.75, 3.05) is 0 Å². The summed E-state index contributed by atoms with van der Waals surface area (Å²) in [6.45, 7) is 0. The molecular weight excluding hydrogens is 242 g/mol. The van der Waals surface area contributed by atoms with Gasteiger partial charge in [0.15, 0.2) is 0 Å². The molecule has 5 heteroatoms. The summed E-state index contributed by atoms with van der Waals surface area (Å²) in [7, 11) is -3.25. The number of nitrogens with one attached hydrogen (secondary N) is 1. The van der Waals surface area contributed by atoms with E-state index in [9.17, 15) is 8.42 Å². The molecule has 0 unspecified atom stereocenters. The van der Waals surface area contributed by atoms with Crippen LogP contribution in [0.3, 0.4) is 0 Å². The molecule has 3 nitrogen and oxygen atoms in total. The van der Waals surface area contributed by atoms with Crippen LogP contribution in [0.4, 0.5) is 0 Å². The van der Waals surface area contributed by atoms with Crippen LogP contribution in [0.5, 0.6) is 0 Å². The maximum absolute atomic E-state index is 12.0. The molecule has 2 fully saturated rings. The van der Waals surface area contributed by atoms with Crippen LogP contribution >= 0.6 is 11.3 Å². The van der Waals surface area contributed by atoms with Crippen molar-refractivity contribution in [2.24, 2.45) is 11.8 Å². The van der Waals surface area contributed by atoms with Gasteiger partial charge in [-0.1, -0.05) is 12.5 Å². The van der Waals surface area contributed by atoms with Gasteiger partial charge in [0, 0.05) is 6.04 Å². The van der Waals surface area contributed by atoms with Gasteiger partial charge in [0.25, 0.3) is 0 Å². The van der Waals surface area contributed by atoms with E-state index in [2.05, 4.69) is 4.72 Å². The Kier molecular flexibility index (Phi) is 2.57. The fourth-order valence-corrected chi connectivity index (χ4v) is 5.39. The minimum atomic E-state index is -3.25. The Bertz CT molecular complexity index is 466. The highest BCUT2D eigenvalue weighted by molar-refractivity contribution is 7.91. The zero-order valence-electron chi connectivity index (χ0n) is 8.93. The van der Waals surface area contributed by atoms with Crippen LogP contribution < -0.4 is 4.72 Å². The fourth-order valence-electron chi connectivity index (χ4n) is 3.06. The van der Waals surface area contributed by atoms with E-state index in [-0.39, 0.29) is 6.04 Å². The van der Waals surface area contributed by atoms with Gasteiger partial charge in [-0.3, -0.25) is 0 Å². The number of thiophene rings is 1. The Balaban J connectivity index is 1.76. The van der Waals surface area contributed by atoms with E-state index in [1.807, 2.05) is 0 Å². The van der Waals surface area contributed by atoms with Gasteiger partial charge in [0.2, 0.25) is 10.0 Å². The van der Waals surface area contributed by atoms with Crippen molar-refractivity contribution < 1.29 is 8.42 Å². The quantitative estimate of drug-likeness (QED) is 0.902. The molecule has 88 valence electrons. The SMILES string of the molecule is O=S(=O)(N[C@@H]1C[C@H]2CC[C@H]1C2)c1cccs1. The summed E-state index contributed by atoms with van der Waals surface area (Å²) >= 11 is 1.28. The van der Waals surface area contributed by atoms with Crippen molar-refractivity contribution in [1.82, 2.24) is 4.72 Å². The molecule has 0 amide bonds. The molecule has 0 aliphatic heterocycles. The lowest BCUT2D eigenvalue weighted by atomic mass is 9.96.